The van der Waals surface area contributed by atoms with E-state index in [9.17, 15) is 4.79 Å². The number of nitrogens with one attached hydrogen (secondary N) is 1. The number of hydrogen-bond acceptors (Lipinski definition) is 3. The Labute approximate surface area is 95.2 Å². The van der Waals surface area contributed by atoms with Gasteiger partial charge in [0, 0.05) is 13.5 Å². The zero-order valence-corrected chi connectivity index (χ0v) is 9.65. The van der Waals surface area contributed by atoms with Crippen molar-refractivity contribution in [3.05, 3.63) is 6.20 Å². The molecule has 1 heterocycles. The van der Waals surface area contributed by atoms with Crippen LogP contribution >= 0.6 is 0 Å². The minimum absolute atomic E-state index is 0.0624. The van der Waals surface area contributed by atoms with E-state index in [1.54, 1.807) is 13.2 Å². The van der Waals surface area contributed by atoms with E-state index in [0.29, 0.717) is 18.2 Å². The Morgan fingerprint density at radius 1 is 1.50 bits per heavy atom. The van der Waals surface area contributed by atoms with Gasteiger partial charge in [-0.3, -0.25) is 4.79 Å². The summed E-state index contributed by atoms with van der Waals surface area (Å²) in [6.07, 6.45) is 8.42. The maximum atomic E-state index is 11.7. The van der Waals surface area contributed by atoms with Crippen LogP contribution < -0.4 is 5.32 Å². The molecule has 0 unspecified atom stereocenters. The molecule has 0 spiro atoms. The van der Waals surface area contributed by atoms with E-state index in [4.69, 9.17) is 0 Å². The SMILES string of the molecule is Cn1ncc(NC(=O)CC2CCCCC2)n1. The minimum Gasteiger partial charge on any atom is -0.308 e. The summed E-state index contributed by atoms with van der Waals surface area (Å²) in [4.78, 5) is 13.1. The fourth-order valence-electron chi connectivity index (χ4n) is 2.25. The van der Waals surface area contributed by atoms with Gasteiger partial charge in [0.05, 0.1) is 6.20 Å². The van der Waals surface area contributed by atoms with Gasteiger partial charge in [0.15, 0.2) is 5.82 Å². The number of amides is 1. The van der Waals surface area contributed by atoms with Gasteiger partial charge in [-0.2, -0.15) is 9.90 Å². The van der Waals surface area contributed by atoms with E-state index >= 15 is 0 Å². The maximum Gasteiger partial charge on any atom is 0.225 e. The molecule has 1 amide bonds. The first kappa shape index (κ1) is 11.1. The van der Waals surface area contributed by atoms with Crippen molar-refractivity contribution in [1.29, 1.82) is 0 Å². The second-order valence-corrected chi connectivity index (χ2v) is 4.48. The predicted molar refractivity (Wildman–Crippen MR) is 60.8 cm³/mol. The summed E-state index contributed by atoms with van der Waals surface area (Å²) in [7, 11) is 1.73. The van der Waals surface area contributed by atoms with Gasteiger partial charge in [-0.1, -0.05) is 19.3 Å². The van der Waals surface area contributed by atoms with Crippen LogP contribution in [-0.2, 0) is 11.8 Å². The summed E-state index contributed by atoms with van der Waals surface area (Å²) >= 11 is 0. The molecule has 0 aliphatic heterocycles. The monoisotopic (exact) mass is 222 g/mol. The molecule has 1 aromatic heterocycles. The molecule has 88 valence electrons. The third-order valence-electron chi connectivity index (χ3n) is 3.07. The van der Waals surface area contributed by atoms with Gasteiger partial charge in [-0.15, -0.1) is 5.10 Å². The molecule has 16 heavy (non-hydrogen) atoms. The number of aromatic nitrogens is 3. The Balaban J connectivity index is 1.79. The highest BCUT2D eigenvalue weighted by atomic mass is 16.1. The second kappa shape index (κ2) is 5.09. The highest BCUT2D eigenvalue weighted by molar-refractivity contribution is 5.89. The highest BCUT2D eigenvalue weighted by Gasteiger charge is 2.17. The van der Waals surface area contributed by atoms with Gasteiger partial charge >= 0.3 is 0 Å². The third-order valence-corrected chi connectivity index (χ3v) is 3.07. The van der Waals surface area contributed by atoms with Crippen molar-refractivity contribution >= 4 is 11.7 Å². The molecule has 5 nitrogen and oxygen atoms in total. The van der Waals surface area contributed by atoms with E-state index < -0.39 is 0 Å². The number of rotatable bonds is 3. The molecule has 2 rings (SSSR count). The van der Waals surface area contributed by atoms with Gasteiger partial charge in [-0.05, 0) is 18.8 Å². The fourth-order valence-corrected chi connectivity index (χ4v) is 2.25. The van der Waals surface area contributed by atoms with Crippen LogP contribution in [-0.4, -0.2) is 20.9 Å². The van der Waals surface area contributed by atoms with E-state index in [1.165, 1.54) is 36.9 Å². The standard InChI is InChI=1S/C11H18N4O/c1-15-12-8-10(14-15)13-11(16)7-9-5-3-2-4-6-9/h8-9H,2-7H2,1H3,(H,13,14,16). The van der Waals surface area contributed by atoms with Crippen molar-refractivity contribution in [2.24, 2.45) is 13.0 Å². The summed E-state index contributed by atoms with van der Waals surface area (Å²) < 4.78 is 0. The Morgan fingerprint density at radius 3 is 2.88 bits per heavy atom. The molecule has 0 radical (unpaired) electrons. The molecule has 1 N–H and O–H groups in total. The lowest BCUT2D eigenvalue weighted by molar-refractivity contribution is -0.117. The molecular weight excluding hydrogens is 204 g/mol. The van der Waals surface area contributed by atoms with Gasteiger partial charge in [0.1, 0.15) is 0 Å². The van der Waals surface area contributed by atoms with Gasteiger partial charge in [0.25, 0.3) is 0 Å². The van der Waals surface area contributed by atoms with Crippen LogP contribution in [0.2, 0.25) is 0 Å². The lowest BCUT2D eigenvalue weighted by Gasteiger charge is -2.20. The van der Waals surface area contributed by atoms with Crippen LogP contribution in [0.25, 0.3) is 0 Å². The van der Waals surface area contributed by atoms with Crippen LogP contribution in [0.4, 0.5) is 5.82 Å². The predicted octanol–water partition coefficient (Wildman–Crippen LogP) is 1.72. The van der Waals surface area contributed by atoms with Gasteiger partial charge < -0.3 is 5.32 Å². The molecule has 0 bridgehead atoms. The average Bonchev–Trinajstić information content (AvgIpc) is 2.65. The second-order valence-electron chi connectivity index (χ2n) is 4.48. The first-order chi connectivity index (χ1) is 7.74. The Morgan fingerprint density at radius 2 is 2.25 bits per heavy atom. The van der Waals surface area contributed by atoms with Crippen molar-refractivity contribution in [3.63, 3.8) is 0 Å². The first-order valence-corrected chi connectivity index (χ1v) is 5.90. The molecular formula is C11H18N4O. The number of aryl methyl sites for hydroxylation is 1. The van der Waals surface area contributed by atoms with Crippen LogP contribution in [0.5, 0.6) is 0 Å². The molecule has 1 saturated carbocycles. The van der Waals surface area contributed by atoms with Crippen LogP contribution in [0.15, 0.2) is 6.20 Å². The zero-order valence-electron chi connectivity index (χ0n) is 9.65. The van der Waals surface area contributed by atoms with Crippen molar-refractivity contribution in [2.45, 2.75) is 38.5 Å². The number of anilines is 1. The minimum atomic E-state index is 0.0624. The third kappa shape index (κ3) is 3.05. The number of nitrogens with zero attached hydrogens (tertiary/aromatic N) is 3. The van der Waals surface area contributed by atoms with Gasteiger partial charge in [0.2, 0.25) is 5.91 Å². The highest BCUT2D eigenvalue weighted by Crippen LogP contribution is 2.26. The molecule has 5 heteroatoms. The Kier molecular flexibility index (Phi) is 3.54. The Hall–Kier alpha value is -1.39. The number of hydrogen-bond donors (Lipinski definition) is 1. The normalized spacial score (nSPS) is 17.3. The quantitative estimate of drug-likeness (QED) is 0.847. The molecule has 0 saturated heterocycles. The topological polar surface area (TPSA) is 59.8 Å². The summed E-state index contributed by atoms with van der Waals surface area (Å²) in [5, 5.41) is 10.7. The van der Waals surface area contributed by atoms with Crippen LogP contribution in [0.3, 0.4) is 0 Å². The molecule has 0 atom stereocenters. The molecule has 1 aromatic rings. The first-order valence-electron chi connectivity index (χ1n) is 5.90. The Bertz CT molecular complexity index is 355. The van der Waals surface area contributed by atoms with Crippen LogP contribution in [0, 0.1) is 5.92 Å². The van der Waals surface area contributed by atoms with Crippen molar-refractivity contribution in [1.82, 2.24) is 15.0 Å². The van der Waals surface area contributed by atoms with E-state index in [-0.39, 0.29) is 5.91 Å². The van der Waals surface area contributed by atoms with E-state index in [2.05, 4.69) is 15.5 Å². The van der Waals surface area contributed by atoms with Crippen LogP contribution in [0.1, 0.15) is 38.5 Å². The van der Waals surface area contributed by atoms with Crippen molar-refractivity contribution in [3.8, 4) is 0 Å². The fraction of sp³-hybridized carbons (Fsp3) is 0.727. The zero-order chi connectivity index (χ0) is 11.4. The van der Waals surface area contributed by atoms with Crippen molar-refractivity contribution in [2.75, 3.05) is 5.32 Å². The van der Waals surface area contributed by atoms with E-state index in [1.807, 2.05) is 0 Å². The summed E-state index contributed by atoms with van der Waals surface area (Å²) in [5.41, 5.74) is 0. The van der Waals surface area contributed by atoms with Gasteiger partial charge in [-0.25, -0.2) is 0 Å². The van der Waals surface area contributed by atoms with Crippen molar-refractivity contribution < 1.29 is 4.79 Å². The lowest BCUT2D eigenvalue weighted by atomic mass is 9.87. The molecule has 1 aliphatic rings. The summed E-state index contributed by atoms with van der Waals surface area (Å²) in [6, 6.07) is 0. The number of carbonyl (C=O) groups is 1. The summed E-state index contributed by atoms with van der Waals surface area (Å²) in [6.45, 7) is 0. The molecule has 1 aliphatic carbocycles. The summed E-state index contributed by atoms with van der Waals surface area (Å²) in [5.74, 6) is 1.17. The molecule has 1 fully saturated rings. The maximum absolute atomic E-state index is 11.7. The lowest BCUT2D eigenvalue weighted by Crippen LogP contribution is -2.18. The smallest absolute Gasteiger partial charge is 0.225 e. The largest absolute Gasteiger partial charge is 0.308 e. The van der Waals surface area contributed by atoms with E-state index in [0.717, 1.165) is 0 Å². The average molecular weight is 222 g/mol. The number of carbonyl (C=O) groups excluding carboxylic acids is 1. The molecule has 0 aromatic carbocycles.